The van der Waals surface area contributed by atoms with E-state index in [0.29, 0.717) is 0 Å². The van der Waals surface area contributed by atoms with Crippen LogP contribution in [0.2, 0.25) is 0 Å². The number of carbonyl (C=O) groups is 2. The van der Waals surface area contributed by atoms with Gasteiger partial charge in [0.05, 0.1) is 11.1 Å². The number of halogens is 3. The number of primary amides is 1. The van der Waals surface area contributed by atoms with E-state index in [2.05, 4.69) is 5.32 Å². The topological polar surface area (TPSA) is 97.3 Å². The Bertz CT molecular complexity index is 1030. The molecule has 3 rings (SSSR count). The van der Waals surface area contributed by atoms with Crippen LogP contribution in [0.15, 0.2) is 48.5 Å². The van der Waals surface area contributed by atoms with E-state index in [0.717, 1.165) is 22.8 Å². The number of nitrogens with zero attached hydrogens (tertiary/aromatic N) is 1. The smallest absolute Gasteiger partial charge is 0.416 e. The molecule has 1 aromatic heterocycles. The van der Waals surface area contributed by atoms with E-state index in [1.807, 2.05) is 0 Å². The quantitative estimate of drug-likeness (QED) is 0.649. The van der Waals surface area contributed by atoms with Crippen molar-refractivity contribution in [2.45, 2.75) is 6.18 Å². The molecule has 0 fully saturated rings. The zero-order valence-electron chi connectivity index (χ0n) is 13.0. The summed E-state index contributed by atoms with van der Waals surface area (Å²) in [5.41, 5.74) is 4.11. The highest BCUT2D eigenvalue weighted by atomic mass is 19.4. The molecular formula is C17H12F3N3O3. The van der Waals surface area contributed by atoms with E-state index >= 15 is 0 Å². The summed E-state index contributed by atoms with van der Waals surface area (Å²) >= 11 is 0. The van der Waals surface area contributed by atoms with Gasteiger partial charge in [-0.25, -0.2) is 9.36 Å². The fourth-order valence-corrected chi connectivity index (χ4v) is 2.64. The number of benzene rings is 2. The molecule has 26 heavy (non-hydrogen) atoms. The first kappa shape index (κ1) is 17.3. The summed E-state index contributed by atoms with van der Waals surface area (Å²) in [4.78, 5) is 24.1. The monoisotopic (exact) mass is 363 g/mol. The molecule has 0 unspecified atom stereocenters. The molecule has 0 saturated heterocycles. The number of amides is 2. The number of hydrogen-bond donors (Lipinski definition) is 3. The van der Waals surface area contributed by atoms with Crippen molar-refractivity contribution in [3.63, 3.8) is 0 Å². The van der Waals surface area contributed by atoms with Gasteiger partial charge in [-0.2, -0.15) is 13.2 Å². The van der Waals surface area contributed by atoms with Crippen LogP contribution in [0, 0.1) is 0 Å². The largest absolute Gasteiger partial charge is 0.494 e. The standard InChI is InChI=1S/C17H12F3N3O3/c18-17(19,20)9-4-3-5-10(8-9)22-14(24)13-11-6-1-2-7-12(11)23(15(13)25)16(21)26/h1-8,25H,(H2,21,26)(H,22,24). The van der Waals surface area contributed by atoms with Gasteiger partial charge < -0.3 is 16.2 Å². The highest BCUT2D eigenvalue weighted by Gasteiger charge is 2.31. The lowest BCUT2D eigenvalue weighted by Gasteiger charge is -2.10. The van der Waals surface area contributed by atoms with E-state index in [-0.39, 0.29) is 22.2 Å². The molecule has 0 spiro atoms. The lowest BCUT2D eigenvalue weighted by Crippen LogP contribution is -2.19. The molecule has 134 valence electrons. The Morgan fingerprint density at radius 1 is 1.08 bits per heavy atom. The first-order valence-corrected chi connectivity index (χ1v) is 7.31. The van der Waals surface area contributed by atoms with Crippen LogP contribution in [-0.4, -0.2) is 21.6 Å². The molecule has 9 heteroatoms. The van der Waals surface area contributed by atoms with Crippen molar-refractivity contribution in [3.8, 4) is 5.88 Å². The van der Waals surface area contributed by atoms with Gasteiger partial charge in [0.25, 0.3) is 5.91 Å². The minimum Gasteiger partial charge on any atom is -0.494 e. The average Bonchev–Trinajstić information content (AvgIpc) is 2.86. The second-order valence-corrected chi connectivity index (χ2v) is 5.42. The zero-order chi connectivity index (χ0) is 19.1. The first-order valence-electron chi connectivity index (χ1n) is 7.31. The van der Waals surface area contributed by atoms with Crippen LogP contribution in [0.3, 0.4) is 0 Å². The number of fused-ring (bicyclic) bond motifs is 1. The number of para-hydroxylation sites is 1. The van der Waals surface area contributed by atoms with E-state index < -0.39 is 29.6 Å². The van der Waals surface area contributed by atoms with Gasteiger partial charge in [0.15, 0.2) is 0 Å². The summed E-state index contributed by atoms with van der Waals surface area (Å²) in [6.07, 6.45) is -4.56. The van der Waals surface area contributed by atoms with Crippen LogP contribution >= 0.6 is 0 Å². The Kier molecular flexibility index (Phi) is 4.07. The molecule has 2 amide bonds. The van der Waals surface area contributed by atoms with Crippen LogP contribution in [0.4, 0.5) is 23.7 Å². The molecule has 4 N–H and O–H groups in total. The van der Waals surface area contributed by atoms with Gasteiger partial charge in [-0.1, -0.05) is 24.3 Å². The lowest BCUT2D eigenvalue weighted by atomic mass is 10.1. The maximum Gasteiger partial charge on any atom is 0.416 e. The minimum absolute atomic E-state index is 0.111. The normalized spacial score (nSPS) is 11.5. The Labute approximate surface area is 144 Å². The average molecular weight is 363 g/mol. The van der Waals surface area contributed by atoms with Crippen LogP contribution in [0.5, 0.6) is 5.88 Å². The van der Waals surface area contributed by atoms with Gasteiger partial charge in [0.1, 0.15) is 5.56 Å². The van der Waals surface area contributed by atoms with Crippen LogP contribution in [0.1, 0.15) is 15.9 Å². The highest BCUT2D eigenvalue weighted by molar-refractivity contribution is 6.16. The SMILES string of the molecule is NC(=O)n1c(O)c(C(=O)Nc2cccc(C(F)(F)F)c2)c2ccccc21. The number of aromatic nitrogens is 1. The third-order valence-electron chi connectivity index (χ3n) is 3.74. The minimum atomic E-state index is -4.56. The molecular weight excluding hydrogens is 351 g/mol. The summed E-state index contributed by atoms with van der Waals surface area (Å²) < 4.78 is 39.1. The van der Waals surface area contributed by atoms with E-state index in [1.54, 1.807) is 12.1 Å². The molecule has 3 aromatic rings. The summed E-state index contributed by atoms with van der Waals surface area (Å²) in [7, 11) is 0. The highest BCUT2D eigenvalue weighted by Crippen LogP contribution is 2.33. The van der Waals surface area contributed by atoms with Crippen LogP contribution in [0.25, 0.3) is 10.9 Å². The zero-order valence-corrected chi connectivity index (χ0v) is 13.0. The van der Waals surface area contributed by atoms with Crippen molar-refractivity contribution in [1.29, 1.82) is 0 Å². The molecule has 0 saturated carbocycles. The summed E-state index contributed by atoms with van der Waals surface area (Å²) in [5.74, 6) is -1.57. The number of aromatic hydroxyl groups is 1. The number of hydrogen-bond acceptors (Lipinski definition) is 3. The summed E-state index contributed by atoms with van der Waals surface area (Å²) in [6, 6.07) is 9.16. The van der Waals surface area contributed by atoms with E-state index in [1.165, 1.54) is 18.2 Å². The molecule has 0 radical (unpaired) electrons. The fourth-order valence-electron chi connectivity index (χ4n) is 2.64. The fraction of sp³-hybridized carbons (Fsp3) is 0.0588. The number of anilines is 1. The van der Waals surface area contributed by atoms with Crippen molar-refractivity contribution in [2.24, 2.45) is 5.73 Å². The Morgan fingerprint density at radius 2 is 1.77 bits per heavy atom. The van der Waals surface area contributed by atoms with Gasteiger partial charge in [-0.15, -0.1) is 0 Å². The summed E-state index contributed by atoms with van der Waals surface area (Å²) in [6.45, 7) is 0. The van der Waals surface area contributed by atoms with Gasteiger partial charge in [-0.05, 0) is 24.3 Å². The maximum atomic E-state index is 12.8. The third kappa shape index (κ3) is 2.94. The summed E-state index contributed by atoms with van der Waals surface area (Å²) in [5, 5.41) is 12.8. The third-order valence-corrected chi connectivity index (χ3v) is 3.74. The molecule has 0 aliphatic rings. The molecule has 6 nitrogen and oxygen atoms in total. The predicted octanol–water partition coefficient (Wildman–Crippen LogP) is 3.54. The number of carbonyl (C=O) groups excluding carboxylic acids is 2. The van der Waals surface area contributed by atoms with Crippen molar-refractivity contribution < 1.29 is 27.9 Å². The number of nitrogens with two attached hydrogens (primary N) is 1. The second kappa shape index (κ2) is 6.10. The van der Waals surface area contributed by atoms with Gasteiger partial charge in [-0.3, -0.25) is 4.79 Å². The Hall–Kier alpha value is -3.49. The van der Waals surface area contributed by atoms with Crippen molar-refractivity contribution in [2.75, 3.05) is 5.32 Å². The Balaban J connectivity index is 2.04. The molecule has 0 atom stereocenters. The van der Waals surface area contributed by atoms with E-state index in [4.69, 9.17) is 5.73 Å². The van der Waals surface area contributed by atoms with Crippen LogP contribution < -0.4 is 11.1 Å². The van der Waals surface area contributed by atoms with Crippen molar-refractivity contribution in [3.05, 3.63) is 59.7 Å². The van der Waals surface area contributed by atoms with Crippen molar-refractivity contribution in [1.82, 2.24) is 4.57 Å². The molecule has 0 bridgehead atoms. The number of nitrogens with one attached hydrogen (secondary N) is 1. The van der Waals surface area contributed by atoms with Gasteiger partial charge >= 0.3 is 12.2 Å². The maximum absolute atomic E-state index is 12.8. The molecule has 1 heterocycles. The van der Waals surface area contributed by atoms with E-state index in [9.17, 15) is 27.9 Å². The Morgan fingerprint density at radius 3 is 2.42 bits per heavy atom. The second-order valence-electron chi connectivity index (χ2n) is 5.42. The van der Waals surface area contributed by atoms with Gasteiger partial charge in [0, 0.05) is 11.1 Å². The van der Waals surface area contributed by atoms with Gasteiger partial charge in [0.2, 0.25) is 5.88 Å². The number of alkyl halides is 3. The predicted molar refractivity (Wildman–Crippen MR) is 88.0 cm³/mol. The molecule has 0 aliphatic carbocycles. The van der Waals surface area contributed by atoms with Crippen LogP contribution in [-0.2, 0) is 6.18 Å². The molecule has 0 aliphatic heterocycles. The first-order chi connectivity index (χ1) is 12.2. The van der Waals surface area contributed by atoms with Crippen molar-refractivity contribution >= 4 is 28.5 Å². The lowest BCUT2D eigenvalue weighted by molar-refractivity contribution is -0.137. The molecule has 2 aromatic carbocycles. The number of rotatable bonds is 2.